The molecule has 16 heavy (non-hydrogen) atoms. The van der Waals surface area contributed by atoms with Crippen molar-refractivity contribution in [3.8, 4) is 0 Å². The van der Waals surface area contributed by atoms with Crippen LogP contribution in [-0.4, -0.2) is 37.2 Å². The average Bonchev–Trinajstić information content (AvgIpc) is 2.84. The minimum absolute atomic E-state index is 0.0940. The molecule has 2 rings (SSSR count). The van der Waals surface area contributed by atoms with E-state index in [4.69, 9.17) is 4.74 Å². The first-order valence-electron chi connectivity index (χ1n) is 6.30. The van der Waals surface area contributed by atoms with Crippen LogP contribution in [0, 0.1) is 5.92 Å². The normalized spacial score (nSPS) is 32.3. The Bertz CT molecular complexity index is 255. The Balaban J connectivity index is 1.62. The third kappa shape index (κ3) is 2.95. The van der Waals surface area contributed by atoms with Gasteiger partial charge in [-0.2, -0.15) is 0 Å². The number of carbonyl (C=O) groups excluding carboxylic acids is 1. The van der Waals surface area contributed by atoms with Gasteiger partial charge in [-0.25, -0.2) is 0 Å². The predicted octanol–water partition coefficient (Wildman–Crippen LogP) is 0.668. The Morgan fingerprint density at radius 1 is 1.44 bits per heavy atom. The lowest BCUT2D eigenvalue weighted by molar-refractivity contribution is -0.120. The molecule has 3 atom stereocenters. The minimum Gasteiger partial charge on any atom is -0.373 e. The van der Waals surface area contributed by atoms with E-state index < -0.39 is 0 Å². The molecule has 0 aliphatic carbocycles. The fraction of sp³-hybridized carbons (Fsp3) is 0.917. The highest BCUT2D eigenvalue weighted by Gasteiger charge is 2.40. The fourth-order valence-corrected chi connectivity index (χ4v) is 2.46. The van der Waals surface area contributed by atoms with Crippen LogP contribution in [0.5, 0.6) is 0 Å². The average molecular weight is 226 g/mol. The van der Waals surface area contributed by atoms with E-state index in [1.54, 1.807) is 0 Å². The monoisotopic (exact) mass is 226 g/mol. The zero-order valence-electron chi connectivity index (χ0n) is 10.2. The molecule has 2 heterocycles. The molecule has 2 saturated heterocycles. The first kappa shape index (κ1) is 11.9. The standard InChI is InChI=1S/C12H22N2O2/c1-8(2)6-14-12(15)7-13-10-5-9-3-4-11(10)16-9/h8-11,13H,3-7H2,1-2H3,(H,14,15). The molecule has 92 valence electrons. The maximum Gasteiger partial charge on any atom is 0.233 e. The summed E-state index contributed by atoms with van der Waals surface area (Å²) in [6.45, 7) is 5.37. The summed E-state index contributed by atoms with van der Waals surface area (Å²) < 4.78 is 5.72. The van der Waals surface area contributed by atoms with Crippen LogP contribution in [0.2, 0.25) is 0 Å². The van der Waals surface area contributed by atoms with Crippen LogP contribution in [0.3, 0.4) is 0 Å². The number of ether oxygens (including phenoxy) is 1. The van der Waals surface area contributed by atoms with Gasteiger partial charge in [0.05, 0.1) is 18.8 Å². The molecule has 2 N–H and O–H groups in total. The Kier molecular flexibility index (Phi) is 3.82. The van der Waals surface area contributed by atoms with Crippen molar-refractivity contribution >= 4 is 5.91 Å². The van der Waals surface area contributed by atoms with E-state index in [-0.39, 0.29) is 5.91 Å². The van der Waals surface area contributed by atoms with E-state index in [1.807, 2.05) is 0 Å². The molecule has 0 aromatic carbocycles. The van der Waals surface area contributed by atoms with Gasteiger partial charge in [0.25, 0.3) is 0 Å². The van der Waals surface area contributed by atoms with E-state index in [9.17, 15) is 4.79 Å². The molecule has 0 radical (unpaired) electrons. The molecule has 1 amide bonds. The highest BCUT2D eigenvalue weighted by Crippen LogP contribution is 2.34. The van der Waals surface area contributed by atoms with Crippen LogP contribution in [0.1, 0.15) is 33.1 Å². The summed E-state index contributed by atoms with van der Waals surface area (Å²) >= 11 is 0. The molecule has 2 fully saturated rings. The number of carbonyl (C=O) groups is 1. The van der Waals surface area contributed by atoms with Crippen molar-refractivity contribution in [2.45, 2.75) is 51.4 Å². The number of nitrogens with one attached hydrogen (secondary N) is 2. The van der Waals surface area contributed by atoms with E-state index >= 15 is 0 Å². The Morgan fingerprint density at radius 3 is 2.81 bits per heavy atom. The van der Waals surface area contributed by atoms with Gasteiger partial charge in [0.1, 0.15) is 0 Å². The Labute approximate surface area is 97.1 Å². The van der Waals surface area contributed by atoms with E-state index in [1.165, 1.54) is 6.42 Å². The minimum atomic E-state index is 0.0940. The van der Waals surface area contributed by atoms with E-state index in [0.29, 0.717) is 30.7 Å². The van der Waals surface area contributed by atoms with Gasteiger partial charge in [0.15, 0.2) is 0 Å². The topological polar surface area (TPSA) is 50.4 Å². The summed E-state index contributed by atoms with van der Waals surface area (Å²) in [6.07, 6.45) is 4.21. The third-order valence-electron chi connectivity index (χ3n) is 3.34. The molecular formula is C12H22N2O2. The van der Waals surface area contributed by atoms with Crippen LogP contribution in [0.15, 0.2) is 0 Å². The Hall–Kier alpha value is -0.610. The highest BCUT2D eigenvalue weighted by molar-refractivity contribution is 5.78. The van der Waals surface area contributed by atoms with Gasteiger partial charge in [-0.1, -0.05) is 13.8 Å². The van der Waals surface area contributed by atoms with Crippen molar-refractivity contribution in [2.75, 3.05) is 13.1 Å². The fourth-order valence-electron chi connectivity index (χ4n) is 2.46. The Morgan fingerprint density at radius 2 is 2.25 bits per heavy atom. The molecule has 0 spiro atoms. The van der Waals surface area contributed by atoms with Crippen molar-refractivity contribution in [3.05, 3.63) is 0 Å². The molecule has 3 unspecified atom stereocenters. The predicted molar refractivity (Wildman–Crippen MR) is 62.2 cm³/mol. The summed E-state index contributed by atoms with van der Waals surface area (Å²) in [7, 11) is 0. The number of hydrogen-bond donors (Lipinski definition) is 2. The molecule has 2 aliphatic rings. The van der Waals surface area contributed by atoms with Gasteiger partial charge in [-0.15, -0.1) is 0 Å². The molecule has 2 bridgehead atoms. The zero-order chi connectivity index (χ0) is 11.5. The zero-order valence-corrected chi connectivity index (χ0v) is 10.2. The van der Waals surface area contributed by atoms with Crippen LogP contribution in [0.4, 0.5) is 0 Å². The number of fused-ring (bicyclic) bond motifs is 2. The molecule has 2 aliphatic heterocycles. The molecule has 0 aromatic heterocycles. The maximum absolute atomic E-state index is 11.5. The van der Waals surface area contributed by atoms with Crippen molar-refractivity contribution < 1.29 is 9.53 Å². The van der Waals surface area contributed by atoms with Crippen molar-refractivity contribution in [1.29, 1.82) is 0 Å². The smallest absolute Gasteiger partial charge is 0.233 e. The molecular weight excluding hydrogens is 204 g/mol. The van der Waals surface area contributed by atoms with Gasteiger partial charge in [0.2, 0.25) is 5.91 Å². The number of hydrogen-bond acceptors (Lipinski definition) is 3. The summed E-state index contributed by atoms with van der Waals surface area (Å²) in [6, 6.07) is 0.392. The van der Waals surface area contributed by atoms with Crippen molar-refractivity contribution in [3.63, 3.8) is 0 Å². The van der Waals surface area contributed by atoms with Gasteiger partial charge in [-0.05, 0) is 25.2 Å². The first-order valence-corrected chi connectivity index (χ1v) is 6.30. The van der Waals surface area contributed by atoms with E-state index in [0.717, 1.165) is 19.4 Å². The molecule has 4 nitrogen and oxygen atoms in total. The second-order valence-corrected chi connectivity index (χ2v) is 5.29. The van der Waals surface area contributed by atoms with Crippen LogP contribution < -0.4 is 10.6 Å². The summed E-state index contributed by atoms with van der Waals surface area (Å²) in [4.78, 5) is 11.5. The summed E-state index contributed by atoms with van der Waals surface area (Å²) in [5, 5.41) is 6.21. The lowest BCUT2D eigenvalue weighted by atomic mass is 9.95. The SMILES string of the molecule is CC(C)CNC(=O)CNC1CC2CCC1O2. The third-order valence-corrected chi connectivity index (χ3v) is 3.34. The van der Waals surface area contributed by atoms with Gasteiger partial charge >= 0.3 is 0 Å². The molecule has 4 heteroatoms. The van der Waals surface area contributed by atoms with Crippen LogP contribution in [-0.2, 0) is 9.53 Å². The summed E-state index contributed by atoms with van der Waals surface area (Å²) in [5.41, 5.74) is 0. The van der Waals surface area contributed by atoms with Crippen LogP contribution >= 0.6 is 0 Å². The first-order chi connectivity index (χ1) is 7.65. The van der Waals surface area contributed by atoms with Gasteiger partial charge < -0.3 is 15.4 Å². The van der Waals surface area contributed by atoms with Gasteiger partial charge in [-0.3, -0.25) is 4.79 Å². The largest absolute Gasteiger partial charge is 0.373 e. The summed E-state index contributed by atoms with van der Waals surface area (Å²) in [5.74, 6) is 0.603. The number of rotatable bonds is 5. The van der Waals surface area contributed by atoms with E-state index in [2.05, 4.69) is 24.5 Å². The van der Waals surface area contributed by atoms with Crippen molar-refractivity contribution in [2.24, 2.45) is 5.92 Å². The second kappa shape index (κ2) is 5.15. The maximum atomic E-state index is 11.5. The van der Waals surface area contributed by atoms with Crippen molar-refractivity contribution in [1.82, 2.24) is 10.6 Å². The quantitative estimate of drug-likeness (QED) is 0.724. The lowest BCUT2D eigenvalue weighted by Crippen LogP contribution is -2.44. The highest BCUT2D eigenvalue weighted by atomic mass is 16.5. The van der Waals surface area contributed by atoms with Gasteiger partial charge in [0, 0.05) is 12.6 Å². The van der Waals surface area contributed by atoms with Crippen LogP contribution in [0.25, 0.3) is 0 Å². The lowest BCUT2D eigenvalue weighted by Gasteiger charge is -2.19. The molecule has 0 aromatic rings. The second-order valence-electron chi connectivity index (χ2n) is 5.29. The molecule has 0 saturated carbocycles. The number of amides is 1.